The van der Waals surface area contributed by atoms with E-state index < -0.39 is 12.4 Å². The van der Waals surface area contributed by atoms with E-state index in [1.54, 1.807) is 13.0 Å². The van der Waals surface area contributed by atoms with Gasteiger partial charge in [-0.2, -0.15) is 5.26 Å². The number of alkyl halides is 2. The Morgan fingerprint density at radius 2 is 2.22 bits per heavy atom. The molecule has 0 unspecified atom stereocenters. The number of ether oxygens (including phenoxy) is 1. The molecule has 0 heterocycles. The third kappa shape index (κ3) is 3.44. The fourth-order valence-electron chi connectivity index (χ4n) is 1.45. The Labute approximate surface area is 109 Å². The summed E-state index contributed by atoms with van der Waals surface area (Å²) in [6, 6.07) is 4.01. The second-order valence-electron chi connectivity index (χ2n) is 3.46. The van der Waals surface area contributed by atoms with Crippen LogP contribution in [0.4, 0.5) is 8.78 Å². The Bertz CT molecular complexity index is 498. The molecule has 0 radical (unpaired) electrons. The van der Waals surface area contributed by atoms with Gasteiger partial charge >= 0.3 is 5.97 Å². The minimum Gasteiger partial charge on any atom is -0.466 e. The Morgan fingerprint density at radius 1 is 1.56 bits per heavy atom. The number of halogens is 2. The average molecular weight is 271 g/mol. The Hall–Kier alpha value is -1.61. The van der Waals surface area contributed by atoms with Gasteiger partial charge in [0.25, 0.3) is 6.43 Å². The monoisotopic (exact) mass is 271 g/mol. The Kier molecular flexibility index (Phi) is 5.10. The molecule has 0 aromatic heterocycles. The minimum absolute atomic E-state index is 0.0193. The summed E-state index contributed by atoms with van der Waals surface area (Å²) >= 11 is 4.04. The molecule has 0 bridgehead atoms. The van der Waals surface area contributed by atoms with Gasteiger partial charge in [0, 0.05) is 10.5 Å². The second kappa shape index (κ2) is 6.36. The van der Waals surface area contributed by atoms with Crippen LogP contribution in [0, 0.1) is 11.3 Å². The van der Waals surface area contributed by atoms with Crippen LogP contribution in [0.1, 0.15) is 30.0 Å². The molecule has 0 N–H and O–H groups in total. The number of nitriles is 1. The van der Waals surface area contributed by atoms with Crippen LogP contribution in [0.25, 0.3) is 0 Å². The minimum atomic E-state index is -2.68. The second-order valence-corrected chi connectivity index (χ2v) is 3.94. The van der Waals surface area contributed by atoms with Crippen molar-refractivity contribution >= 4 is 18.6 Å². The van der Waals surface area contributed by atoms with Gasteiger partial charge in [0.15, 0.2) is 0 Å². The molecule has 0 atom stereocenters. The summed E-state index contributed by atoms with van der Waals surface area (Å²) < 4.78 is 29.8. The summed E-state index contributed by atoms with van der Waals surface area (Å²) in [7, 11) is 0. The van der Waals surface area contributed by atoms with Gasteiger partial charge in [0.1, 0.15) is 0 Å². The molecule has 0 aliphatic rings. The first-order chi connectivity index (χ1) is 8.49. The van der Waals surface area contributed by atoms with E-state index in [1.807, 2.05) is 0 Å². The molecule has 1 aromatic carbocycles. The first-order valence-corrected chi connectivity index (χ1v) is 5.64. The molecule has 96 valence electrons. The molecule has 0 amide bonds. The van der Waals surface area contributed by atoms with Crippen molar-refractivity contribution in [3.05, 3.63) is 28.8 Å². The molecule has 18 heavy (non-hydrogen) atoms. The number of hydrogen-bond donors (Lipinski definition) is 1. The largest absolute Gasteiger partial charge is 0.466 e. The first kappa shape index (κ1) is 14.5. The van der Waals surface area contributed by atoms with Gasteiger partial charge < -0.3 is 4.74 Å². The third-order valence-corrected chi connectivity index (χ3v) is 2.65. The van der Waals surface area contributed by atoms with E-state index in [2.05, 4.69) is 12.6 Å². The molecule has 0 aliphatic heterocycles. The molecular weight excluding hydrogens is 260 g/mol. The topological polar surface area (TPSA) is 50.1 Å². The molecule has 3 nitrogen and oxygen atoms in total. The molecule has 0 fully saturated rings. The number of nitrogens with zero attached hydrogens (tertiary/aromatic N) is 1. The molecule has 1 aromatic rings. The Morgan fingerprint density at radius 3 is 2.72 bits per heavy atom. The van der Waals surface area contributed by atoms with Crippen molar-refractivity contribution in [2.45, 2.75) is 24.7 Å². The van der Waals surface area contributed by atoms with Gasteiger partial charge in [0.2, 0.25) is 0 Å². The number of benzene rings is 1. The summed E-state index contributed by atoms with van der Waals surface area (Å²) in [5.41, 5.74) is 0.0405. The van der Waals surface area contributed by atoms with Gasteiger partial charge in [-0.1, -0.05) is 0 Å². The standard InChI is InChI=1S/C12H11F2NO2S/c1-2-17-11(16)5-9-8(6-15)3-7(12(13)14)4-10(9)18/h3-4,12,18H,2,5H2,1H3. The average Bonchev–Trinajstić information content (AvgIpc) is 2.31. The number of carbonyl (C=O) groups excluding carboxylic acids is 1. The van der Waals surface area contributed by atoms with Crippen LogP contribution in [0.2, 0.25) is 0 Å². The molecule has 0 spiro atoms. The van der Waals surface area contributed by atoms with Crippen LogP contribution in [0.5, 0.6) is 0 Å². The fourth-order valence-corrected chi connectivity index (χ4v) is 1.79. The lowest BCUT2D eigenvalue weighted by atomic mass is 10.0. The maximum absolute atomic E-state index is 12.5. The highest BCUT2D eigenvalue weighted by atomic mass is 32.1. The first-order valence-electron chi connectivity index (χ1n) is 5.19. The van der Waals surface area contributed by atoms with E-state index in [1.165, 1.54) is 0 Å². The van der Waals surface area contributed by atoms with E-state index in [0.29, 0.717) is 5.56 Å². The molecule has 0 saturated carbocycles. The van der Waals surface area contributed by atoms with E-state index in [4.69, 9.17) is 10.00 Å². The predicted octanol–water partition coefficient (Wildman–Crippen LogP) is 2.89. The summed E-state index contributed by atoms with van der Waals surface area (Å²) in [6.45, 7) is 1.88. The van der Waals surface area contributed by atoms with Crippen LogP contribution in [-0.2, 0) is 16.0 Å². The van der Waals surface area contributed by atoms with Crippen molar-refractivity contribution in [1.29, 1.82) is 5.26 Å². The summed E-state index contributed by atoms with van der Waals surface area (Å²) in [6.07, 6.45) is -2.83. The number of rotatable bonds is 4. The lowest BCUT2D eigenvalue weighted by Gasteiger charge is -2.09. The van der Waals surface area contributed by atoms with Gasteiger partial charge in [-0.15, -0.1) is 12.6 Å². The maximum atomic E-state index is 12.5. The predicted molar refractivity (Wildman–Crippen MR) is 63.7 cm³/mol. The van der Waals surface area contributed by atoms with Crippen LogP contribution in [0.3, 0.4) is 0 Å². The summed E-state index contributed by atoms with van der Waals surface area (Å²) in [4.78, 5) is 11.5. The molecule has 6 heteroatoms. The molecular formula is C12H11F2NO2S. The quantitative estimate of drug-likeness (QED) is 0.676. The van der Waals surface area contributed by atoms with Crippen LogP contribution in [-0.4, -0.2) is 12.6 Å². The smallest absolute Gasteiger partial charge is 0.310 e. The zero-order valence-corrected chi connectivity index (χ0v) is 10.5. The SMILES string of the molecule is CCOC(=O)Cc1c(S)cc(C(F)F)cc1C#N. The van der Waals surface area contributed by atoms with Gasteiger partial charge in [-0.25, -0.2) is 8.78 Å². The number of esters is 1. The van der Waals surface area contributed by atoms with E-state index in [0.717, 1.165) is 12.1 Å². The van der Waals surface area contributed by atoms with Gasteiger partial charge in [-0.05, 0) is 24.6 Å². The number of hydrogen-bond acceptors (Lipinski definition) is 4. The van der Waals surface area contributed by atoms with Gasteiger partial charge in [0.05, 0.1) is 24.7 Å². The van der Waals surface area contributed by atoms with E-state index in [-0.39, 0.29) is 29.1 Å². The van der Waals surface area contributed by atoms with Crippen molar-refractivity contribution in [2.24, 2.45) is 0 Å². The summed E-state index contributed by atoms with van der Waals surface area (Å²) in [5, 5.41) is 8.91. The normalized spacial score (nSPS) is 10.2. The van der Waals surface area contributed by atoms with Crippen molar-refractivity contribution in [3.8, 4) is 6.07 Å². The highest BCUT2D eigenvalue weighted by molar-refractivity contribution is 7.80. The highest BCUT2D eigenvalue weighted by Gasteiger charge is 2.16. The van der Waals surface area contributed by atoms with Crippen molar-refractivity contribution in [1.82, 2.24) is 0 Å². The van der Waals surface area contributed by atoms with E-state index in [9.17, 15) is 13.6 Å². The van der Waals surface area contributed by atoms with Crippen molar-refractivity contribution in [2.75, 3.05) is 6.61 Å². The van der Waals surface area contributed by atoms with Crippen LogP contribution < -0.4 is 0 Å². The zero-order chi connectivity index (χ0) is 13.7. The Balaban J connectivity index is 3.12. The lowest BCUT2D eigenvalue weighted by Crippen LogP contribution is -2.09. The summed E-state index contributed by atoms with van der Waals surface area (Å²) in [5.74, 6) is -0.519. The molecule has 1 rings (SSSR count). The lowest BCUT2D eigenvalue weighted by molar-refractivity contribution is -0.142. The van der Waals surface area contributed by atoms with Crippen molar-refractivity contribution in [3.63, 3.8) is 0 Å². The number of thiol groups is 1. The van der Waals surface area contributed by atoms with Crippen LogP contribution in [0.15, 0.2) is 17.0 Å². The fraction of sp³-hybridized carbons (Fsp3) is 0.333. The molecule has 0 saturated heterocycles. The molecule has 0 aliphatic carbocycles. The number of carbonyl (C=O) groups is 1. The van der Waals surface area contributed by atoms with Crippen molar-refractivity contribution < 1.29 is 18.3 Å². The third-order valence-electron chi connectivity index (χ3n) is 2.25. The van der Waals surface area contributed by atoms with E-state index >= 15 is 0 Å². The maximum Gasteiger partial charge on any atom is 0.310 e. The van der Waals surface area contributed by atoms with Gasteiger partial charge in [-0.3, -0.25) is 4.79 Å². The van der Waals surface area contributed by atoms with Crippen LogP contribution >= 0.6 is 12.6 Å². The highest BCUT2D eigenvalue weighted by Crippen LogP contribution is 2.27. The zero-order valence-electron chi connectivity index (χ0n) is 9.61.